The normalized spacial score (nSPS) is 23.2. The summed E-state index contributed by atoms with van der Waals surface area (Å²) in [6.45, 7) is 7.27. The summed E-state index contributed by atoms with van der Waals surface area (Å²) in [5.41, 5.74) is 1.16. The summed E-state index contributed by atoms with van der Waals surface area (Å²) in [7, 11) is 1.38. The molecule has 0 saturated carbocycles. The summed E-state index contributed by atoms with van der Waals surface area (Å²) in [5, 5.41) is 0. The molecule has 0 bridgehead atoms. The van der Waals surface area contributed by atoms with Crippen molar-refractivity contribution in [1.82, 2.24) is 4.90 Å². The van der Waals surface area contributed by atoms with Gasteiger partial charge >= 0.3 is 5.97 Å². The maximum absolute atomic E-state index is 12.4. The summed E-state index contributed by atoms with van der Waals surface area (Å²) >= 11 is 0. The van der Waals surface area contributed by atoms with Gasteiger partial charge in [-0.3, -0.25) is 9.59 Å². The number of hydrogen-bond acceptors (Lipinski definition) is 3. The Balaban J connectivity index is 2.89. The number of amides is 1. The lowest BCUT2D eigenvalue weighted by atomic mass is 9.79. The Morgan fingerprint density at radius 3 is 2.44 bits per heavy atom. The third kappa shape index (κ3) is 3.12. The molecule has 0 spiro atoms. The van der Waals surface area contributed by atoms with Crippen LogP contribution in [0.4, 0.5) is 0 Å². The highest BCUT2D eigenvalue weighted by Gasteiger charge is 2.37. The molecular formula is C14H23NO3. The third-order valence-corrected chi connectivity index (χ3v) is 3.64. The second-order valence-corrected chi connectivity index (χ2v) is 4.74. The number of esters is 1. The van der Waals surface area contributed by atoms with E-state index in [-0.39, 0.29) is 23.7 Å². The largest absolute Gasteiger partial charge is 0.469 e. The highest BCUT2D eigenvalue weighted by atomic mass is 16.5. The molecule has 18 heavy (non-hydrogen) atoms. The Morgan fingerprint density at radius 2 is 1.94 bits per heavy atom. The number of methoxy groups -OCH3 is 1. The van der Waals surface area contributed by atoms with Crippen molar-refractivity contribution in [2.45, 2.75) is 33.6 Å². The molecule has 0 aliphatic heterocycles. The van der Waals surface area contributed by atoms with Crippen LogP contribution in [0, 0.1) is 11.8 Å². The summed E-state index contributed by atoms with van der Waals surface area (Å²) in [5.74, 6) is -0.791. The predicted octanol–water partition coefficient (Wildman–Crippen LogP) is 2.00. The first-order valence-corrected chi connectivity index (χ1v) is 6.57. The number of allylic oxidation sites excluding steroid dienone is 2. The molecule has 0 radical (unpaired) electrons. The molecule has 0 N–H and O–H groups in total. The van der Waals surface area contributed by atoms with Gasteiger partial charge in [-0.1, -0.05) is 11.6 Å². The zero-order valence-electron chi connectivity index (χ0n) is 11.7. The van der Waals surface area contributed by atoms with Crippen molar-refractivity contribution in [2.24, 2.45) is 11.8 Å². The Bertz CT molecular complexity index is 345. The molecular weight excluding hydrogens is 230 g/mol. The lowest BCUT2D eigenvalue weighted by molar-refractivity contribution is -0.153. The van der Waals surface area contributed by atoms with Crippen molar-refractivity contribution >= 4 is 11.9 Å². The van der Waals surface area contributed by atoms with E-state index in [1.165, 1.54) is 7.11 Å². The summed E-state index contributed by atoms with van der Waals surface area (Å²) < 4.78 is 4.83. The fraction of sp³-hybridized carbons (Fsp3) is 0.714. The van der Waals surface area contributed by atoms with Crippen LogP contribution in [0.1, 0.15) is 33.6 Å². The van der Waals surface area contributed by atoms with Crippen LogP contribution in [-0.2, 0) is 14.3 Å². The Hall–Kier alpha value is -1.32. The Morgan fingerprint density at radius 1 is 1.33 bits per heavy atom. The van der Waals surface area contributed by atoms with Crippen LogP contribution < -0.4 is 0 Å². The molecule has 4 nitrogen and oxygen atoms in total. The van der Waals surface area contributed by atoms with Gasteiger partial charge in [0.1, 0.15) is 0 Å². The molecule has 102 valence electrons. The third-order valence-electron chi connectivity index (χ3n) is 3.64. The van der Waals surface area contributed by atoms with E-state index in [0.717, 1.165) is 5.57 Å². The lowest BCUT2D eigenvalue weighted by Gasteiger charge is -2.31. The van der Waals surface area contributed by atoms with Crippen molar-refractivity contribution in [1.29, 1.82) is 0 Å². The molecule has 4 heteroatoms. The van der Waals surface area contributed by atoms with E-state index in [4.69, 9.17) is 4.74 Å². The first-order valence-electron chi connectivity index (χ1n) is 6.57. The summed E-state index contributed by atoms with van der Waals surface area (Å²) in [6, 6.07) is 0. The van der Waals surface area contributed by atoms with Gasteiger partial charge in [0.05, 0.1) is 18.9 Å². The number of ether oxygens (including phenoxy) is 1. The number of carbonyl (C=O) groups is 2. The smallest absolute Gasteiger partial charge is 0.309 e. The highest BCUT2D eigenvalue weighted by Crippen LogP contribution is 2.31. The maximum atomic E-state index is 12.4. The molecule has 1 aliphatic carbocycles. The van der Waals surface area contributed by atoms with Crippen molar-refractivity contribution in [3.05, 3.63) is 11.6 Å². The van der Waals surface area contributed by atoms with E-state index in [1.54, 1.807) is 4.90 Å². The van der Waals surface area contributed by atoms with Gasteiger partial charge in [-0.25, -0.2) is 0 Å². The average Bonchev–Trinajstić information content (AvgIpc) is 2.38. The molecule has 0 aromatic carbocycles. The van der Waals surface area contributed by atoms with Crippen LogP contribution in [0.15, 0.2) is 11.6 Å². The molecule has 0 unspecified atom stereocenters. The van der Waals surface area contributed by atoms with E-state index in [1.807, 2.05) is 20.8 Å². The minimum Gasteiger partial charge on any atom is -0.469 e. The van der Waals surface area contributed by atoms with Crippen molar-refractivity contribution in [2.75, 3.05) is 20.2 Å². The van der Waals surface area contributed by atoms with Gasteiger partial charge in [0.25, 0.3) is 0 Å². The Labute approximate surface area is 109 Å². The zero-order chi connectivity index (χ0) is 13.7. The van der Waals surface area contributed by atoms with Crippen LogP contribution >= 0.6 is 0 Å². The van der Waals surface area contributed by atoms with Crippen molar-refractivity contribution in [3.8, 4) is 0 Å². The molecule has 0 saturated heterocycles. The molecule has 0 aromatic heterocycles. The molecule has 0 fully saturated rings. The SMILES string of the molecule is CCN(CC)C(=O)[C@H]1CC=C(C)C[C@H]1C(=O)OC. The first-order chi connectivity index (χ1) is 8.54. The van der Waals surface area contributed by atoms with E-state index in [9.17, 15) is 9.59 Å². The van der Waals surface area contributed by atoms with Crippen LogP contribution in [0.3, 0.4) is 0 Å². The minimum atomic E-state index is -0.326. The minimum absolute atomic E-state index is 0.0687. The van der Waals surface area contributed by atoms with Gasteiger partial charge in [-0.15, -0.1) is 0 Å². The quantitative estimate of drug-likeness (QED) is 0.568. The van der Waals surface area contributed by atoms with Crippen LogP contribution in [0.5, 0.6) is 0 Å². The monoisotopic (exact) mass is 253 g/mol. The zero-order valence-corrected chi connectivity index (χ0v) is 11.7. The summed E-state index contributed by atoms with van der Waals surface area (Å²) in [6.07, 6.45) is 3.33. The van der Waals surface area contributed by atoms with Gasteiger partial charge in [-0.05, 0) is 33.6 Å². The topological polar surface area (TPSA) is 46.6 Å². The fourth-order valence-electron chi connectivity index (χ4n) is 2.51. The summed E-state index contributed by atoms with van der Waals surface area (Å²) in [4.78, 5) is 26.0. The van der Waals surface area contributed by atoms with Gasteiger partial charge in [0.15, 0.2) is 0 Å². The van der Waals surface area contributed by atoms with Crippen molar-refractivity contribution < 1.29 is 14.3 Å². The number of hydrogen-bond donors (Lipinski definition) is 0. The van der Waals surface area contributed by atoms with Gasteiger partial charge in [-0.2, -0.15) is 0 Å². The van der Waals surface area contributed by atoms with E-state index in [0.29, 0.717) is 25.9 Å². The van der Waals surface area contributed by atoms with Gasteiger partial charge < -0.3 is 9.64 Å². The number of nitrogens with zero attached hydrogens (tertiary/aromatic N) is 1. The lowest BCUT2D eigenvalue weighted by Crippen LogP contribution is -2.42. The second-order valence-electron chi connectivity index (χ2n) is 4.74. The van der Waals surface area contributed by atoms with Gasteiger partial charge in [0.2, 0.25) is 5.91 Å². The number of carbonyl (C=O) groups excluding carboxylic acids is 2. The Kier molecular flexibility index (Phi) is 5.38. The molecule has 1 amide bonds. The van der Waals surface area contributed by atoms with E-state index in [2.05, 4.69) is 6.08 Å². The molecule has 1 rings (SSSR count). The first kappa shape index (κ1) is 14.7. The van der Waals surface area contributed by atoms with Crippen LogP contribution in [0.2, 0.25) is 0 Å². The number of rotatable bonds is 4. The van der Waals surface area contributed by atoms with Crippen LogP contribution in [-0.4, -0.2) is 37.0 Å². The molecule has 0 aromatic rings. The average molecular weight is 253 g/mol. The molecule has 1 aliphatic rings. The maximum Gasteiger partial charge on any atom is 0.309 e. The van der Waals surface area contributed by atoms with E-state index < -0.39 is 0 Å². The van der Waals surface area contributed by atoms with Crippen molar-refractivity contribution in [3.63, 3.8) is 0 Å². The standard InChI is InChI=1S/C14H23NO3/c1-5-15(6-2)13(16)11-8-7-10(3)9-12(11)14(17)18-4/h7,11-12H,5-6,8-9H2,1-4H3/t11-,12+/m0/s1. The van der Waals surface area contributed by atoms with E-state index >= 15 is 0 Å². The molecule has 0 heterocycles. The molecule has 2 atom stereocenters. The fourth-order valence-corrected chi connectivity index (χ4v) is 2.51. The highest BCUT2D eigenvalue weighted by molar-refractivity contribution is 5.86. The predicted molar refractivity (Wildman–Crippen MR) is 69.9 cm³/mol. The van der Waals surface area contributed by atoms with Crippen LogP contribution in [0.25, 0.3) is 0 Å². The van der Waals surface area contributed by atoms with Gasteiger partial charge in [0, 0.05) is 13.1 Å². The second kappa shape index (κ2) is 6.57.